The lowest BCUT2D eigenvalue weighted by Gasteiger charge is -2.26. The van der Waals surface area contributed by atoms with Gasteiger partial charge in [-0.2, -0.15) is 0 Å². The molecule has 0 bridgehead atoms. The Hall–Kier alpha value is -3.87. The number of aryl methyl sites for hydroxylation is 1. The minimum absolute atomic E-state index is 0.0285. The van der Waals surface area contributed by atoms with Crippen molar-refractivity contribution in [3.05, 3.63) is 65.5 Å². The first-order valence-electron chi connectivity index (χ1n) is 16.7. The van der Waals surface area contributed by atoms with Gasteiger partial charge in [0.2, 0.25) is 5.91 Å². The number of benzene rings is 2. The molecular weight excluding hydrogens is 548 g/mol. The van der Waals surface area contributed by atoms with Crippen LogP contribution in [0.4, 0.5) is 5.69 Å². The number of hydrogen-bond donors (Lipinski definition) is 3. The number of para-hydroxylation sites is 1. The summed E-state index contributed by atoms with van der Waals surface area (Å²) in [5, 5.41) is 8.86. The van der Waals surface area contributed by atoms with Crippen molar-refractivity contribution >= 4 is 39.4 Å². The van der Waals surface area contributed by atoms with Crippen molar-refractivity contribution in [1.82, 2.24) is 15.3 Å². The molecule has 0 aliphatic heterocycles. The molecule has 1 atom stereocenters. The molecule has 1 amide bonds. The third-order valence-corrected chi connectivity index (χ3v) is 8.83. The second-order valence-electron chi connectivity index (χ2n) is 12.3. The largest absolute Gasteiger partial charge is 0.426 e. The Kier molecular flexibility index (Phi) is 11.3. The van der Waals surface area contributed by atoms with E-state index in [0.717, 1.165) is 58.7 Å². The van der Waals surface area contributed by atoms with Crippen molar-refractivity contribution in [1.29, 1.82) is 0 Å². The summed E-state index contributed by atoms with van der Waals surface area (Å²) in [5.74, 6) is 0.274. The normalized spacial score (nSPS) is 13.5. The number of amides is 1. The van der Waals surface area contributed by atoms with E-state index in [4.69, 9.17) is 9.72 Å². The minimum Gasteiger partial charge on any atom is -0.426 e. The van der Waals surface area contributed by atoms with Crippen molar-refractivity contribution in [2.75, 3.05) is 11.9 Å². The van der Waals surface area contributed by atoms with E-state index in [1.165, 1.54) is 69.5 Å². The maximum absolute atomic E-state index is 13.4. The number of carbonyl (C=O) groups is 2. The van der Waals surface area contributed by atoms with Crippen LogP contribution in [0, 0.1) is 0 Å². The molecular formula is C37H48N4O3. The Balaban J connectivity index is 1.31. The summed E-state index contributed by atoms with van der Waals surface area (Å²) in [5.41, 5.74) is 6.75. The first-order valence-corrected chi connectivity index (χ1v) is 16.7. The van der Waals surface area contributed by atoms with Gasteiger partial charge in [-0.05, 0) is 73.9 Å². The van der Waals surface area contributed by atoms with E-state index in [1.807, 2.05) is 30.5 Å². The van der Waals surface area contributed by atoms with Crippen molar-refractivity contribution in [3.63, 3.8) is 0 Å². The average Bonchev–Trinajstić information content (AvgIpc) is 3.42. The predicted octanol–water partition coefficient (Wildman–Crippen LogP) is 8.19. The van der Waals surface area contributed by atoms with Crippen LogP contribution in [0.15, 0.2) is 48.7 Å². The molecule has 5 rings (SSSR count). The predicted molar refractivity (Wildman–Crippen MR) is 179 cm³/mol. The Morgan fingerprint density at radius 1 is 0.977 bits per heavy atom. The molecule has 0 saturated heterocycles. The average molecular weight is 597 g/mol. The Morgan fingerprint density at radius 3 is 2.61 bits per heavy atom. The topological polar surface area (TPSA) is 96.1 Å². The van der Waals surface area contributed by atoms with Gasteiger partial charge in [-0.25, -0.2) is 0 Å². The number of aromatic nitrogens is 2. The van der Waals surface area contributed by atoms with Crippen LogP contribution in [0.3, 0.4) is 0 Å². The summed E-state index contributed by atoms with van der Waals surface area (Å²) >= 11 is 0. The van der Waals surface area contributed by atoms with Gasteiger partial charge < -0.3 is 20.4 Å². The second-order valence-corrected chi connectivity index (χ2v) is 12.3. The highest BCUT2D eigenvalue weighted by molar-refractivity contribution is 5.94. The monoisotopic (exact) mass is 596 g/mol. The first kappa shape index (κ1) is 31.6. The quantitative estimate of drug-likeness (QED) is 0.0688. The number of esters is 1. The van der Waals surface area contributed by atoms with Crippen LogP contribution < -0.4 is 15.4 Å². The highest BCUT2D eigenvalue weighted by Crippen LogP contribution is 2.34. The number of anilines is 1. The van der Waals surface area contributed by atoms with Crippen molar-refractivity contribution in [2.24, 2.45) is 0 Å². The third kappa shape index (κ3) is 8.40. The summed E-state index contributed by atoms with van der Waals surface area (Å²) < 4.78 is 5.95. The Labute approximate surface area is 261 Å². The standard InChI is InChI=1S/C37H48N4O3/c1-3-4-5-6-7-8-9-14-28(40-37-30-15-10-12-17-34(30)41-35-18-13-11-16-31(35)37)23-36(43)44-29-19-20-33-32(24-29)27(25-39-33)21-22-38-26(2)42/h10,12,15,17,19-20,24-25,28,39H,3-9,11,13-14,16,18,21-23H2,1-2H3,(H,38,42)(H,40,41). The summed E-state index contributed by atoms with van der Waals surface area (Å²) in [6.07, 6.45) is 16.9. The van der Waals surface area contributed by atoms with E-state index in [2.05, 4.69) is 40.7 Å². The molecule has 0 saturated carbocycles. The van der Waals surface area contributed by atoms with Gasteiger partial charge in [0.05, 0.1) is 11.9 Å². The van der Waals surface area contributed by atoms with Gasteiger partial charge in [0.25, 0.3) is 0 Å². The number of fused-ring (bicyclic) bond motifs is 3. The van der Waals surface area contributed by atoms with Gasteiger partial charge in [-0.15, -0.1) is 0 Å². The van der Waals surface area contributed by atoms with Gasteiger partial charge >= 0.3 is 5.97 Å². The van der Waals surface area contributed by atoms with Crippen LogP contribution in [-0.2, 0) is 28.9 Å². The molecule has 2 aromatic heterocycles. The third-order valence-electron chi connectivity index (χ3n) is 8.83. The number of H-pyrrole nitrogens is 1. The maximum atomic E-state index is 13.4. The molecule has 0 fully saturated rings. The molecule has 3 N–H and O–H groups in total. The smallest absolute Gasteiger partial charge is 0.313 e. The maximum Gasteiger partial charge on any atom is 0.313 e. The van der Waals surface area contributed by atoms with Gasteiger partial charge in [0.1, 0.15) is 5.75 Å². The number of pyridine rings is 1. The molecule has 1 aliphatic rings. The number of hydrogen-bond acceptors (Lipinski definition) is 5. The molecule has 0 radical (unpaired) electrons. The lowest BCUT2D eigenvalue weighted by molar-refractivity contribution is -0.134. The van der Waals surface area contributed by atoms with E-state index in [0.29, 0.717) is 25.1 Å². The fourth-order valence-electron chi connectivity index (χ4n) is 6.49. The summed E-state index contributed by atoms with van der Waals surface area (Å²) in [4.78, 5) is 33.0. The molecule has 7 nitrogen and oxygen atoms in total. The van der Waals surface area contributed by atoms with Crippen molar-refractivity contribution < 1.29 is 14.3 Å². The zero-order valence-electron chi connectivity index (χ0n) is 26.5. The van der Waals surface area contributed by atoms with Crippen molar-refractivity contribution in [3.8, 4) is 5.75 Å². The highest BCUT2D eigenvalue weighted by Gasteiger charge is 2.22. The van der Waals surface area contributed by atoms with Gasteiger partial charge in [0, 0.05) is 53.4 Å². The van der Waals surface area contributed by atoms with Gasteiger partial charge in [-0.3, -0.25) is 14.6 Å². The fourth-order valence-corrected chi connectivity index (χ4v) is 6.49. The molecule has 0 spiro atoms. The van der Waals surface area contributed by atoms with Crippen LogP contribution in [-0.4, -0.2) is 34.4 Å². The number of ether oxygens (including phenoxy) is 1. The van der Waals surface area contributed by atoms with Crippen LogP contribution >= 0.6 is 0 Å². The minimum atomic E-state index is -0.229. The Bertz CT molecular complexity index is 1560. The summed E-state index contributed by atoms with van der Waals surface area (Å²) in [6.45, 7) is 4.33. The molecule has 2 aromatic carbocycles. The van der Waals surface area contributed by atoms with Crippen LogP contribution in [0.25, 0.3) is 21.8 Å². The molecule has 4 aromatic rings. The van der Waals surface area contributed by atoms with Crippen LogP contribution in [0.1, 0.15) is 101 Å². The van der Waals surface area contributed by atoms with Crippen LogP contribution in [0.5, 0.6) is 5.75 Å². The Morgan fingerprint density at radius 2 is 1.77 bits per heavy atom. The summed E-state index contributed by atoms with van der Waals surface area (Å²) in [6, 6.07) is 14.1. The lowest BCUT2D eigenvalue weighted by atomic mass is 9.92. The number of carbonyl (C=O) groups excluding carboxylic acids is 2. The van der Waals surface area contributed by atoms with E-state index in [1.54, 1.807) is 0 Å². The number of unbranched alkanes of at least 4 members (excludes halogenated alkanes) is 6. The van der Waals surface area contributed by atoms with Crippen molar-refractivity contribution in [2.45, 2.75) is 110 Å². The zero-order valence-corrected chi connectivity index (χ0v) is 26.5. The van der Waals surface area contributed by atoms with E-state index in [-0.39, 0.29) is 17.9 Å². The molecule has 234 valence electrons. The van der Waals surface area contributed by atoms with E-state index in [9.17, 15) is 9.59 Å². The molecule has 1 unspecified atom stereocenters. The van der Waals surface area contributed by atoms with Gasteiger partial charge in [0.15, 0.2) is 0 Å². The second kappa shape index (κ2) is 15.7. The zero-order chi connectivity index (χ0) is 30.7. The molecule has 7 heteroatoms. The number of rotatable bonds is 16. The van der Waals surface area contributed by atoms with Gasteiger partial charge in [-0.1, -0.05) is 70.1 Å². The number of aromatic amines is 1. The SMILES string of the molecule is CCCCCCCCCC(CC(=O)Oc1ccc2[nH]cc(CCNC(C)=O)c2c1)Nc1c2c(nc3ccccc13)CCCC2. The van der Waals surface area contributed by atoms with Crippen LogP contribution in [0.2, 0.25) is 0 Å². The number of nitrogens with zero attached hydrogens (tertiary/aromatic N) is 1. The van der Waals surface area contributed by atoms with E-state index >= 15 is 0 Å². The first-order chi connectivity index (χ1) is 21.5. The lowest BCUT2D eigenvalue weighted by Crippen LogP contribution is -2.27. The molecule has 2 heterocycles. The highest BCUT2D eigenvalue weighted by atomic mass is 16.5. The fraction of sp³-hybridized carbons (Fsp3) is 0.486. The molecule has 1 aliphatic carbocycles. The number of nitrogens with one attached hydrogen (secondary N) is 3. The summed E-state index contributed by atoms with van der Waals surface area (Å²) in [7, 11) is 0. The van der Waals surface area contributed by atoms with E-state index < -0.39 is 0 Å². The molecule has 44 heavy (non-hydrogen) atoms.